The minimum absolute atomic E-state index is 0.00219. The van der Waals surface area contributed by atoms with Gasteiger partial charge >= 0.3 is 18.0 Å². The predicted molar refractivity (Wildman–Crippen MR) is 80.5 cm³/mol. The normalized spacial score (nSPS) is 11.2. The Morgan fingerprint density at radius 3 is 2.39 bits per heavy atom. The van der Waals surface area contributed by atoms with Crippen LogP contribution in [0.3, 0.4) is 0 Å². The number of rotatable bonds is 8. The Hall–Kier alpha value is -2.61. The first-order valence-corrected chi connectivity index (χ1v) is 6.89. The third-order valence-corrected chi connectivity index (χ3v) is 2.84. The molecular formula is C15H20N2O6. The Bertz CT molecular complexity index is 520. The number of alkyl carbamates (subject to hydrolysis) is 1. The summed E-state index contributed by atoms with van der Waals surface area (Å²) in [6, 6.07) is 8.14. The van der Waals surface area contributed by atoms with Gasteiger partial charge in [0.15, 0.2) is 0 Å². The van der Waals surface area contributed by atoms with Crippen LogP contribution in [0.25, 0.3) is 0 Å². The molecule has 2 N–H and O–H groups in total. The van der Waals surface area contributed by atoms with Crippen LogP contribution >= 0.6 is 0 Å². The van der Waals surface area contributed by atoms with E-state index in [0.29, 0.717) is 0 Å². The van der Waals surface area contributed by atoms with Crippen molar-refractivity contribution >= 4 is 18.0 Å². The molecule has 0 aliphatic heterocycles. The van der Waals surface area contributed by atoms with Crippen LogP contribution in [0.2, 0.25) is 0 Å². The van der Waals surface area contributed by atoms with Crippen molar-refractivity contribution in [2.24, 2.45) is 0 Å². The highest BCUT2D eigenvalue weighted by Crippen LogP contribution is 2.01. The van der Waals surface area contributed by atoms with E-state index in [2.05, 4.69) is 20.1 Å². The molecule has 0 aliphatic rings. The highest BCUT2D eigenvalue weighted by atomic mass is 16.6. The van der Waals surface area contributed by atoms with Gasteiger partial charge in [0.05, 0.1) is 20.8 Å². The van der Waals surface area contributed by atoms with Crippen molar-refractivity contribution in [1.29, 1.82) is 0 Å². The minimum Gasteiger partial charge on any atom is -0.468 e. The summed E-state index contributed by atoms with van der Waals surface area (Å²) in [5.41, 5.74) is 0.820. The first kappa shape index (κ1) is 18.4. The average Bonchev–Trinajstić information content (AvgIpc) is 2.59. The van der Waals surface area contributed by atoms with Gasteiger partial charge in [0.1, 0.15) is 12.6 Å². The van der Waals surface area contributed by atoms with Crippen molar-refractivity contribution in [2.75, 3.05) is 27.3 Å². The van der Waals surface area contributed by atoms with E-state index in [1.165, 1.54) is 14.2 Å². The second-order valence-corrected chi connectivity index (χ2v) is 4.49. The van der Waals surface area contributed by atoms with Crippen LogP contribution in [0.5, 0.6) is 0 Å². The van der Waals surface area contributed by atoms with Crippen molar-refractivity contribution in [3.8, 4) is 0 Å². The Kier molecular flexibility index (Phi) is 8.16. The lowest BCUT2D eigenvalue weighted by atomic mass is 10.2. The third-order valence-electron chi connectivity index (χ3n) is 2.84. The van der Waals surface area contributed by atoms with Gasteiger partial charge in [-0.15, -0.1) is 0 Å². The number of nitrogens with one attached hydrogen (secondary N) is 2. The molecule has 0 radical (unpaired) electrons. The zero-order valence-electron chi connectivity index (χ0n) is 13.0. The van der Waals surface area contributed by atoms with Gasteiger partial charge < -0.3 is 24.8 Å². The van der Waals surface area contributed by atoms with E-state index in [9.17, 15) is 14.4 Å². The Balaban J connectivity index is 2.44. The van der Waals surface area contributed by atoms with Gasteiger partial charge in [-0.3, -0.25) is 4.79 Å². The molecule has 1 amide bonds. The molecule has 1 aromatic carbocycles. The molecule has 8 heteroatoms. The molecular weight excluding hydrogens is 304 g/mol. The molecule has 0 aliphatic carbocycles. The second kappa shape index (κ2) is 10.2. The molecule has 8 nitrogen and oxygen atoms in total. The fourth-order valence-corrected chi connectivity index (χ4v) is 1.63. The maximum absolute atomic E-state index is 11.7. The van der Waals surface area contributed by atoms with Crippen molar-refractivity contribution < 1.29 is 28.6 Å². The Labute approximate surface area is 134 Å². The fourth-order valence-electron chi connectivity index (χ4n) is 1.63. The molecule has 0 heterocycles. The molecule has 0 spiro atoms. The highest BCUT2D eigenvalue weighted by molar-refractivity contribution is 5.81. The van der Waals surface area contributed by atoms with Crippen molar-refractivity contribution in [1.82, 2.24) is 10.6 Å². The summed E-state index contributed by atoms with van der Waals surface area (Å²) < 4.78 is 14.1. The molecule has 0 aromatic heterocycles. The lowest BCUT2D eigenvalue weighted by Gasteiger charge is -2.16. The minimum atomic E-state index is -0.979. The maximum atomic E-state index is 11.7. The SMILES string of the molecule is COC(=O)CNC[C@H](NC(=O)OCc1ccccc1)C(=O)OC. The molecule has 0 bridgehead atoms. The van der Waals surface area contributed by atoms with Gasteiger partial charge in [-0.25, -0.2) is 9.59 Å². The number of carbonyl (C=O) groups is 3. The zero-order chi connectivity index (χ0) is 17.1. The molecule has 1 atom stereocenters. The number of esters is 2. The fraction of sp³-hybridized carbons (Fsp3) is 0.400. The summed E-state index contributed by atoms with van der Waals surface area (Å²) in [5.74, 6) is -1.14. The maximum Gasteiger partial charge on any atom is 0.408 e. The summed E-state index contributed by atoms with van der Waals surface area (Å²) >= 11 is 0. The summed E-state index contributed by atoms with van der Waals surface area (Å²) in [6.07, 6.45) is -0.760. The summed E-state index contributed by atoms with van der Waals surface area (Å²) in [5, 5.41) is 5.06. The predicted octanol–water partition coefficient (Wildman–Crippen LogP) is 0.217. The number of methoxy groups -OCH3 is 2. The van der Waals surface area contributed by atoms with Gasteiger partial charge in [-0.2, -0.15) is 0 Å². The molecule has 126 valence electrons. The number of benzene rings is 1. The van der Waals surface area contributed by atoms with Crippen LogP contribution in [-0.2, 0) is 30.4 Å². The Morgan fingerprint density at radius 2 is 1.78 bits per heavy atom. The van der Waals surface area contributed by atoms with Gasteiger partial charge in [0.2, 0.25) is 0 Å². The largest absolute Gasteiger partial charge is 0.468 e. The lowest BCUT2D eigenvalue weighted by Crippen LogP contribution is -2.48. The first-order valence-electron chi connectivity index (χ1n) is 6.89. The number of hydrogen-bond donors (Lipinski definition) is 2. The van der Waals surface area contributed by atoms with E-state index in [1.54, 1.807) is 0 Å². The summed E-state index contributed by atoms with van der Waals surface area (Å²) in [4.78, 5) is 34.4. The van der Waals surface area contributed by atoms with Gasteiger partial charge in [0.25, 0.3) is 0 Å². The molecule has 1 aromatic rings. The first-order chi connectivity index (χ1) is 11.1. The quantitative estimate of drug-likeness (QED) is 0.521. The van der Waals surface area contributed by atoms with Gasteiger partial charge in [-0.05, 0) is 5.56 Å². The van der Waals surface area contributed by atoms with Crippen LogP contribution in [-0.4, -0.2) is 51.4 Å². The molecule has 0 unspecified atom stereocenters. The lowest BCUT2D eigenvalue weighted by molar-refractivity contribution is -0.143. The van der Waals surface area contributed by atoms with Crippen molar-refractivity contribution in [2.45, 2.75) is 12.6 Å². The van der Waals surface area contributed by atoms with E-state index < -0.39 is 24.1 Å². The average molecular weight is 324 g/mol. The topological polar surface area (TPSA) is 103 Å². The van der Waals surface area contributed by atoms with E-state index in [1.807, 2.05) is 30.3 Å². The number of hydrogen-bond acceptors (Lipinski definition) is 7. The van der Waals surface area contributed by atoms with Crippen LogP contribution in [0.15, 0.2) is 30.3 Å². The van der Waals surface area contributed by atoms with E-state index in [-0.39, 0.29) is 19.7 Å². The molecule has 23 heavy (non-hydrogen) atoms. The van der Waals surface area contributed by atoms with Crippen LogP contribution in [0.4, 0.5) is 4.79 Å². The Morgan fingerprint density at radius 1 is 1.09 bits per heavy atom. The summed E-state index contributed by atoms with van der Waals surface area (Å²) in [6.45, 7) is -0.0108. The molecule has 0 saturated heterocycles. The van der Waals surface area contributed by atoms with E-state index in [4.69, 9.17) is 4.74 Å². The van der Waals surface area contributed by atoms with E-state index in [0.717, 1.165) is 5.56 Å². The van der Waals surface area contributed by atoms with Crippen molar-refractivity contribution in [3.63, 3.8) is 0 Å². The smallest absolute Gasteiger partial charge is 0.408 e. The number of carbonyl (C=O) groups excluding carboxylic acids is 3. The second-order valence-electron chi connectivity index (χ2n) is 4.49. The number of ether oxygens (including phenoxy) is 3. The summed E-state index contributed by atoms with van der Waals surface area (Å²) in [7, 11) is 2.45. The molecule has 1 rings (SSSR count). The monoisotopic (exact) mass is 324 g/mol. The van der Waals surface area contributed by atoms with Crippen molar-refractivity contribution in [3.05, 3.63) is 35.9 Å². The zero-order valence-corrected chi connectivity index (χ0v) is 13.0. The number of amides is 1. The van der Waals surface area contributed by atoms with E-state index >= 15 is 0 Å². The molecule has 0 saturated carbocycles. The van der Waals surface area contributed by atoms with Crippen LogP contribution in [0.1, 0.15) is 5.56 Å². The van der Waals surface area contributed by atoms with Crippen LogP contribution in [0, 0.1) is 0 Å². The van der Waals surface area contributed by atoms with Gasteiger partial charge in [-0.1, -0.05) is 30.3 Å². The van der Waals surface area contributed by atoms with Gasteiger partial charge in [0, 0.05) is 6.54 Å². The third kappa shape index (κ3) is 7.28. The highest BCUT2D eigenvalue weighted by Gasteiger charge is 2.22. The standard InChI is InChI=1S/C15H20N2O6/c1-21-13(18)9-16-8-12(14(19)22-2)17-15(20)23-10-11-6-4-3-5-7-11/h3-7,12,16H,8-10H2,1-2H3,(H,17,20)/t12-/m0/s1. The van der Waals surface area contributed by atoms with Crippen LogP contribution < -0.4 is 10.6 Å². The molecule has 0 fully saturated rings.